The first-order chi connectivity index (χ1) is 10.1. The van der Waals surface area contributed by atoms with Crippen LogP contribution in [0.5, 0.6) is 0 Å². The van der Waals surface area contributed by atoms with Gasteiger partial charge in [0, 0.05) is 14.7 Å². The van der Waals surface area contributed by atoms with Crippen LogP contribution in [0.3, 0.4) is 0 Å². The number of nitrogen functional groups attached to an aromatic ring is 1. The number of rotatable bonds is 2. The zero-order valence-electron chi connectivity index (χ0n) is 10.6. The third kappa shape index (κ3) is 2.75. The molecule has 0 aliphatic rings. The summed E-state index contributed by atoms with van der Waals surface area (Å²) in [5.74, 6) is 0.325. The molecule has 1 aromatic heterocycles. The maximum atomic E-state index is 13.2. The van der Waals surface area contributed by atoms with Gasteiger partial charge in [-0.2, -0.15) is 0 Å². The Bertz CT molecular complexity index is 819. The fourth-order valence-corrected chi connectivity index (χ4v) is 2.89. The van der Waals surface area contributed by atoms with Gasteiger partial charge in [-0.25, -0.2) is 4.39 Å². The average Bonchev–Trinajstić information content (AvgIpc) is 2.81. The minimum absolute atomic E-state index is 0.220. The highest BCUT2D eigenvalue weighted by molar-refractivity contribution is 14.1. The molecule has 0 bridgehead atoms. The van der Waals surface area contributed by atoms with Gasteiger partial charge in [-0.3, -0.25) is 0 Å². The summed E-state index contributed by atoms with van der Waals surface area (Å²) in [6, 6.07) is 11.8. The van der Waals surface area contributed by atoms with E-state index in [4.69, 9.17) is 21.9 Å². The van der Waals surface area contributed by atoms with Gasteiger partial charge in [-0.15, -0.1) is 0 Å². The number of halogens is 3. The van der Waals surface area contributed by atoms with Crippen molar-refractivity contribution in [3.8, 4) is 22.5 Å². The molecule has 3 aromatic rings. The Balaban J connectivity index is 2.22. The Kier molecular flexibility index (Phi) is 3.86. The second kappa shape index (κ2) is 5.65. The number of benzene rings is 2. The van der Waals surface area contributed by atoms with Crippen LogP contribution in [-0.4, -0.2) is 5.16 Å². The van der Waals surface area contributed by atoms with Crippen molar-refractivity contribution in [2.24, 2.45) is 0 Å². The summed E-state index contributed by atoms with van der Waals surface area (Å²) in [5, 5.41) is 4.07. The molecular weight excluding hydrogens is 406 g/mol. The number of nitrogens with two attached hydrogens (primary N) is 1. The molecule has 0 radical (unpaired) electrons. The van der Waals surface area contributed by atoms with Gasteiger partial charge < -0.3 is 10.3 Å². The summed E-state index contributed by atoms with van der Waals surface area (Å²) in [4.78, 5) is 0. The molecule has 21 heavy (non-hydrogen) atoms. The number of anilines is 1. The van der Waals surface area contributed by atoms with Crippen molar-refractivity contribution in [1.82, 2.24) is 5.16 Å². The molecule has 2 N–H and O–H groups in total. The number of hydrogen-bond acceptors (Lipinski definition) is 3. The number of aromatic nitrogens is 1. The standard InChI is InChI=1S/C15H9ClFIN2O/c16-12-7-9(17)4-5-11(12)13-14(21-20-15(13)19)8-2-1-3-10(18)6-8/h1-7H,(H2,19,20). The van der Waals surface area contributed by atoms with Crippen LogP contribution in [0.4, 0.5) is 10.2 Å². The van der Waals surface area contributed by atoms with Crippen LogP contribution < -0.4 is 5.73 Å². The Morgan fingerprint density at radius 3 is 2.71 bits per heavy atom. The minimum Gasteiger partial charge on any atom is -0.380 e. The lowest BCUT2D eigenvalue weighted by molar-refractivity contribution is 0.436. The maximum Gasteiger partial charge on any atom is 0.177 e. The first-order valence-corrected chi connectivity index (χ1v) is 7.48. The van der Waals surface area contributed by atoms with Crippen LogP contribution in [-0.2, 0) is 0 Å². The zero-order valence-corrected chi connectivity index (χ0v) is 13.5. The average molecular weight is 415 g/mol. The normalized spacial score (nSPS) is 10.8. The van der Waals surface area contributed by atoms with Crippen molar-refractivity contribution in [2.75, 3.05) is 5.73 Å². The third-order valence-corrected chi connectivity index (χ3v) is 3.99. The van der Waals surface area contributed by atoms with E-state index in [1.807, 2.05) is 24.3 Å². The van der Waals surface area contributed by atoms with Crippen molar-refractivity contribution in [2.45, 2.75) is 0 Å². The van der Waals surface area contributed by atoms with E-state index in [1.54, 1.807) is 6.07 Å². The number of hydrogen-bond donors (Lipinski definition) is 1. The lowest BCUT2D eigenvalue weighted by atomic mass is 10.0. The molecule has 0 amide bonds. The van der Waals surface area contributed by atoms with Gasteiger partial charge in [0.25, 0.3) is 0 Å². The zero-order chi connectivity index (χ0) is 15.0. The van der Waals surface area contributed by atoms with Crippen LogP contribution >= 0.6 is 34.2 Å². The van der Waals surface area contributed by atoms with E-state index in [1.165, 1.54) is 12.1 Å². The monoisotopic (exact) mass is 414 g/mol. The molecule has 2 aromatic carbocycles. The summed E-state index contributed by atoms with van der Waals surface area (Å²) in [6.07, 6.45) is 0. The molecule has 1 heterocycles. The molecule has 6 heteroatoms. The SMILES string of the molecule is Nc1noc(-c2cccc(I)c2)c1-c1ccc(F)cc1Cl. The van der Waals surface area contributed by atoms with Gasteiger partial charge >= 0.3 is 0 Å². The van der Waals surface area contributed by atoms with E-state index in [0.29, 0.717) is 16.9 Å². The second-order valence-corrected chi connectivity index (χ2v) is 6.06. The third-order valence-electron chi connectivity index (χ3n) is 3.01. The lowest BCUT2D eigenvalue weighted by Gasteiger charge is -2.05. The summed E-state index contributed by atoms with van der Waals surface area (Å²) < 4.78 is 19.6. The van der Waals surface area contributed by atoms with Gasteiger partial charge in [-0.05, 0) is 52.9 Å². The van der Waals surface area contributed by atoms with Gasteiger partial charge in [0.2, 0.25) is 0 Å². The summed E-state index contributed by atoms with van der Waals surface area (Å²) in [6.45, 7) is 0. The largest absolute Gasteiger partial charge is 0.380 e. The van der Waals surface area contributed by atoms with E-state index >= 15 is 0 Å². The lowest BCUT2D eigenvalue weighted by Crippen LogP contribution is -1.90. The Morgan fingerprint density at radius 1 is 1.19 bits per heavy atom. The van der Waals surface area contributed by atoms with Gasteiger partial charge in [-0.1, -0.05) is 28.9 Å². The van der Waals surface area contributed by atoms with E-state index < -0.39 is 5.82 Å². The van der Waals surface area contributed by atoms with Crippen molar-refractivity contribution >= 4 is 40.0 Å². The van der Waals surface area contributed by atoms with E-state index in [0.717, 1.165) is 9.13 Å². The number of nitrogens with zero attached hydrogens (tertiary/aromatic N) is 1. The predicted molar refractivity (Wildman–Crippen MR) is 89.5 cm³/mol. The molecule has 0 saturated carbocycles. The first kappa shape index (κ1) is 14.3. The van der Waals surface area contributed by atoms with E-state index in [9.17, 15) is 4.39 Å². The molecule has 0 fully saturated rings. The maximum absolute atomic E-state index is 13.2. The quantitative estimate of drug-likeness (QED) is 0.601. The highest BCUT2D eigenvalue weighted by Crippen LogP contribution is 2.40. The summed E-state index contributed by atoms with van der Waals surface area (Å²) in [7, 11) is 0. The Labute approximate surface area is 139 Å². The summed E-state index contributed by atoms with van der Waals surface area (Å²) >= 11 is 8.32. The highest BCUT2D eigenvalue weighted by Gasteiger charge is 2.20. The fourth-order valence-electron chi connectivity index (χ4n) is 2.08. The van der Waals surface area contributed by atoms with E-state index in [-0.39, 0.29) is 10.8 Å². The smallest absolute Gasteiger partial charge is 0.177 e. The van der Waals surface area contributed by atoms with E-state index in [2.05, 4.69) is 27.7 Å². The predicted octanol–water partition coefficient (Wildman–Crippen LogP) is 4.99. The molecule has 0 atom stereocenters. The van der Waals surface area contributed by atoms with Crippen LogP contribution in [0, 0.1) is 9.39 Å². The molecule has 106 valence electrons. The fraction of sp³-hybridized carbons (Fsp3) is 0. The van der Waals surface area contributed by atoms with Crippen LogP contribution in [0.1, 0.15) is 0 Å². The van der Waals surface area contributed by atoms with Gasteiger partial charge in [0.15, 0.2) is 11.6 Å². The Morgan fingerprint density at radius 2 is 2.00 bits per heavy atom. The molecular formula is C15H9ClFIN2O. The molecule has 0 aliphatic heterocycles. The van der Waals surface area contributed by atoms with Crippen LogP contribution in [0.25, 0.3) is 22.5 Å². The second-order valence-electron chi connectivity index (χ2n) is 4.41. The molecule has 0 spiro atoms. The molecule has 0 aliphatic carbocycles. The molecule has 0 unspecified atom stereocenters. The minimum atomic E-state index is -0.408. The Hall–Kier alpha value is -1.60. The van der Waals surface area contributed by atoms with Gasteiger partial charge in [0.1, 0.15) is 5.82 Å². The van der Waals surface area contributed by atoms with Crippen LogP contribution in [0.2, 0.25) is 5.02 Å². The van der Waals surface area contributed by atoms with Crippen molar-refractivity contribution < 1.29 is 8.91 Å². The van der Waals surface area contributed by atoms with Gasteiger partial charge in [0.05, 0.1) is 10.6 Å². The highest BCUT2D eigenvalue weighted by atomic mass is 127. The van der Waals surface area contributed by atoms with Crippen molar-refractivity contribution in [3.05, 3.63) is 56.9 Å². The molecule has 0 saturated heterocycles. The molecule has 3 nitrogen and oxygen atoms in total. The topological polar surface area (TPSA) is 52.0 Å². The van der Waals surface area contributed by atoms with Crippen LogP contribution in [0.15, 0.2) is 47.0 Å². The van der Waals surface area contributed by atoms with Crippen molar-refractivity contribution in [1.29, 1.82) is 0 Å². The first-order valence-electron chi connectivity index (χ1n) is 6.03. The summed E-state index contributed by atoms with van der Waals surface area (Å²) in [5.41, 5.74) is 7.89. The van der Waals surface area contributed by atoms with Crippen molar-refractivity contribution in [3.63, 3.8) is 0 Å². The molecule has 3 rings (SSSR count).